The average molecular weight is 887 g/mol. The molecule has 1 unspecified atom stereocenters. The lowest BCUT2D eigenvalue weighted by Crippen LogP contribution is -2.66. The van der Waals surface area contributed by atoms with Crippen molar-refractivity contribution >= 4 is 11.6 Å². The summed E-state index contributed by atoms with van der Waals surface area (Å²) in [4.78, 5) is 27.2. The third kappa shape index (κ3) is 8.75. The van der Waals surface area contributed by atoms with Gasteiger partial charge in [0.2, 0.25) is 0 Å². The van der Waals surface area contributed by atoms with Gasteiger partial charge in [-0.25, -0.2) is 0 Å². The lowest BCUT2D eigenvalue weighted by molar-refractivity contribution is -0.400. The monoisotopic (exact) mass is 886 g/mol. The maximum Gasteiger partial charge on any atom is 0.189 e. The molecule has 18 nitrogen and oxygen atoms in total. The molecule has 0 radical (unpaired) electrons. The average Bonchev–Trinajstić information content (AvgIpc) is 3.52. The summed E-state index contributed by atoms with van der Waals surface area (Å²) in [7, 11) is 0. The van der Waals surface area contributed by atoms with Crippen molar-refractivity contribution in [3.8, 4) is 0 Å². The van der Waals surface area contributed by atoms with Gasteiger partial charge in [-0.05, 0) is 86.4 Å². The van der Waals surface area contributed by atoms with Crippen LogP contribution in [0.15, 0.2) is 11.6 Å². The van der Waals surface area contributed by atoms with Crippen LogP contribution in [0.2, 0.25) is 0 Å². The number of rotatable bonds is 13. The minimum absolute atomic E-state index is 0.0222. The quantitative estimate of drug-likeness (QED) is 0.101. The van der Waals surface area contributed by atoms with E-state index in [1.807, 2.05) is 13.8 Å². The summed E-state index contributed by atoms with van der Waals surface area (Å²) < 4.78 is 35.5. The van der Waals surface area contributed by atoms with Crippen LogP contribution in [0.1, 0.15) is 92.4 Å². The first-order valence-corrected chi connectivity index (χ1v) is 22.6. The summed E-state index contributed by atoms with van der Waals surface area (Å²) in [5, 5.41) is 105. The molecule has 7 rings (SSSR count). The van der Waals surface area contributed by atoms with E-state index in [4.69, 9.17) is 28.4 Å². The van der Waals surface area contributed by atoms with Gasteiger partial charge in [-0.15, -0.1) is 0 Å². The van der Waals surface area contributed by atoms with E-state index in [2.05, 4.69) is 19.9 Å². The maximum absolute atomic E-state index is 13.8. The molecule has 0 aromatic heterocycles. The molecule has 354 valence electrons. The molecule has 0 spiro atoms. The first-order valence-electron chi connectivity index (χ1n) is 22.6. The van der Waals surface area contributed by atoms with Crippen molar-refractivity contribution in [3.63, 3.8) is 0 Å². The molecule has 0 aromatic carbocycles. The molecular formula is C44H70O18. The van der Waals surface area contributed by atoms with Gasteiger partial charge in [0, 0.05) is 31.3 Å². The van der Waals surface area contributed by atoms with E-state index in [0.29, 0.717) is 38.0 Å². The van der Waals surface area contributed by atoms with Crippen molar-refractivity contribution < 1.29 is 89.1 Å². The molecule has 3 aliphatic heterocycles. The van der Waals surface area contributed by atoms with E-state index in [9.17, 15) is 60.7 Å². The highest BCUT2D eigenvalue weighted by atomic mass is 16.8. The molecule has 7 aliphatic rings. The Morgan fingerprint density at radius 3 is 2.11 bits per heavy atom. The fourth-order valence-corrected chi connectivity index (χ4v) is 12.3. The molecular weight excluding hydrogens is 816 g/mol. The van der Waals surface area contributed by atoms with Gasteiger partial charge in [0.1, 0.15) is 72.6 Å². The van der Waals surface area contributed by atoms with E-state index in [1.54, 1.807) is 0 Å². The highest BCUT2D eigenvalue weighted by Crippen LogP contribution is 2.66. The number of fused-ring (bicyclic) bond motifs is 5. The molecule has 24 atom stereocenters. The number of aliphatic hydroxyl groups is 10. The number of ketones is 2. The van der Waals surface area contributed by atoms with E-state index in [1.165, 1.54) is 12.5 Å². The third-order valence-electron chi connectivity index (χ3n) is 16.2. The molecule has 18 heteroatoms. The number of allylic oxidation sites excluding steroid dienone is 1. The molecule has 0 bridgehead atoms. The van der Waals surface area contributed by atoms with Gasteiger partial charge in [-0.1, -0.05) is 39.3 Å². The summed E-state index contributed by atoms with van der Waals surface area (Å²) >= 11 is 0. The summed E-state index contributed by atoms with van der Waals surface area (Å²) in [5.74, 6) is 0.259. The van der Waals surface area contributed by atoms with Crippen LogP contribution in [0, 0.1) is 46.3 Å². The van der Waals surface area contributed by atoms with Crippen LogP contribution < -0.4 is 0 Å². The second-order valence-corrected chi connectivity index (χ2v) is 20.0. The first kappa shape index (κ1) is 48.4. The largest absolute Gasteiger partial charge is 0.396 e. The zero-order valence-electron chi connectivity index (χ0n) is 36.3. The van der Waals surface area contributed by atoms with Crippen LogP contribution >= 0.6 is 0 Å². The van der Waals surface area contributed by atoms with Crippen LogP contribution in [0.3, 0.4) is 0 Å². The van der Waals surface area contributed by atoms with Gasteiger partial charge < -0.3 is 79.5 Å². The van der Waals surface area contributed by atoms with Crippen molar-refractivity contribution in [3.05, 3.63) is 11.6 Å². The van der Waals surface area contributed by atoms with Crippen LogP contribution in [0.25, 0.3) is 0 Å². The lowest BCUT2D eigenvalue weighted by atomic mass is 9.47. The van der Waals surface area contributed by atoms with Crippen molar-refractivity contribution in [1.82, 2.24) is 0 Å². The van der Waals surface area contributed by atoms with E-state index >= 15 is 0 Å². The Hall–Kier alpha value is -1.56. The Morgan fingerprint density at radius 2 is 1.44 bits per heavy atom. The Balaban J connectivity index is 1.08. The van der Waals surface area contributed by atoms with Gasteiger partial charge in [0.15, 0.2) is 25.2 Å². The molecule has 0 aromatic rings. The summed E-state index contributed by atoms with van der Waals surface area (Å²) in [5.41, 5.74) is 0.697. The number of hydrogen-bond donors (Lipinski definition) is 10. The standard InChI is InChI=1S/C44H70O18/c1-18(16-45)6-9-26(47)19(2)29-27(48)15-25-23-8-7-21-14-22(10-12-43(21,4)24(23)11-13-44(25,29)5)58-42-38(61-41-35(54)32(51)33(52)39(56)62-41)36(55)37(28(17-46)59-42)60-40-34(53)31(50)30(49)20(3)57-40/h7,18-20,22-25,28-42,45-46,49-56H,6,8-17H2,1-5H3/t18-,19+,20-,22?,23+,24-,25-,28+,29+,30-,31+,32+,33+,34+,35+,36-,37+,38+,39+,40+,41-,42+,43-,44-/m0/s1. The third-order valence-corrected chi connectivity index (χ3v) is 16.2. The predicted molar refractivity (Wildman–Crippen MR) is 213 cm³/mol. The number of hydrogen-bond acceptors (Lipinski definition) is 18. The van der Waals surface area contributed by atoms with E-state index < -0.39 is 105 Å². The lowest BCUT2D eigenvalue weighted by Gasteiger charge is -2.58. The Labute approximate surface area is 362 Å². The highest BCUT2D eigenvalue weighted by molar-refractivity contribution is 5.92. The zero-order valence-corrected chi connectivity index (χ0v) is 36.3. The minimum atomic E-state index is -1.97. The number of aliphatic hydroxyl groups excluding tert-OH is 10. The van der Waals surface area contributed by atoms with Gasteiger partial charge in [-0.2, -0.15) is 0 Å². The summed E-state index contributed by atoms with van der Waals surface area (Å²) in [6, 6.07) is 0. The van der Waals surface area contributed by atoms with Gasteiger partial charge in [0.25, 0.3) is 0 Å². The SMILES string of the molecule is C[C@H](CO)CCC(=O)[C@@H](C)[C@@H]1C(=O)C[C@H]2[C@@H]3CC=C4CC(O[C@@H]5O[C@H](CO)[C@@H](O[C@H]6O[C@@H](C)[C@H](O)[C@@H](O)[C@H]6O)[C@H](O)[C@H]5O[C@H]5O[C@@H](O)[C@H](O)[C@@H](O)[C@H]5O)CC[C@]4(C)[C@H]3CC[C@@]21C. The fraction of sp³-hybridized carbons (Fsp3) is 0.909. The topological polar surface area (TPSA) is 292 Å². The normalized spacial score (nSPS) is 50.5. The van der Waals surface area contributed by atoms with Gasteiger partial charge in [0.05, 0.1) is 18.8 Å². The zero-order chi connectivity index (χ0) is 45.2. The summed E-state index contributed by atoms with van der Waals surface area (Å²) in [6.45, 7) is 9.05. The van der Waals surface area contributed by atoms with E-state index in [-0.39, 0.29) is 58.6 Å². The van der Waals surface area contributed by atoms with Gasteiger partial charge >= 0.3 is 0 Å². The van der Waals surface area contributed by atoms with Crippen molar-refractivity contribution in [2.45, 2.75) is 191 Å². The van der Waals surface area contributed by atoms with Gasteiger partial charge in [-0.3, -0.25) is 9.59 Å². The summed E-state index contributed by atoms with van der Waals surface area (Å²) in [6.07, 6.45) is -17.2. The van der Waals surface area contributed by atoms with Crippen molar-refractivity contribution in [2.75, 3.05) is 13.2 Å². The molecule has 3 saturated carbocycles. The Kier molecular flexibility index (Phi) is 14.8. The van der Waals surface area contributed by atoms with Crippen molar-refractivity contribution in [2.24, 2.45) is 46.3 Å². The second kappa shape index (κ2) is 19.0. The number of carbonyl (C=O) groups excluding carboxylic acids is 2. The predicted octanol–water partition coefficient (Wildman–Crippen LogP) is -0.823. The molecule has 10 N–H and O–H groups in total. The first-order chi connectivity index (χ1) is 29.2. The smallest absolute Gasteiger partial charge is 0.189 e. The second-order valence-electron chi connectivity index (χ2n) is 20.0. The molecule has 0 amide bonds. The highest BCUT2D eigenvalue weighted by Gasteiger charge is 2.63. The Bertz CT molecular complexity index is 1610. The Morgan fingerprint density at radius 1 is 0.774 bits per heavy atom. The fourth-order valence-electron chi connectivity index (χ4n) is 12.3. The number of carbonyl (C=O) groups is 2. The van der Waals surface area contributed by atoms with E-state index in [0.717, 1.165) is 25.7 Å². The van der Waals surface area contributed by atoms with Crippen LogP contribution in [-0.4, -0.2) is 174 Å². The van der Waals surface area contributed by atoms with Crippen LogP contribution in [0.5, 0.6) is 0 Å². The van der Waals surface area contributed by atoms with Crippen molar-refractivity contribution in [1.29, 1.82) is 0 Å². The number of ether oxygens (including phenoxy) is 6. The van der Waals surface area contributed by atoms with Crippen LogP contribution in [0.4, 0.5) is 0 Å². The number of Topliss-reactive ketones (excluding diaryl/α,β-unsaturated/α-hetero) is 2. The molecule has 6 fully saturated rings. The molecule has 3 heterocycles. The van der Waals surface area contributed by atoms with Crippen LogP contribution in [-0.2, 0) is 38.0 Å². The molecule has 4 aliphatic carbocycles. The minimum Gasteiger partial charge on any atom is -0.396 e. The maximum atomic E-state index is 13.8. The molecule has 62 heavy (non-hydrogen) atoms. The molecule has 3 saturated heterocycles.